The first-order valence-corrected chi connectivity index (χ1v) is 6.36. The third-order valence-corrected chi connectivity index (χ3v) is 3.88. The molecule has 0 saturated carbocycles. The van der Waals surface area contributed by atoms with Crippen molar-refractivity contribution in [1.29, 1.82) is 5.41 Å². The van der Waals surface area contributed by atoms with Crippen LogP contribution < -0.4 is 5.49 Å². The Labute approximate surface area is 114 Å². The van der Waals surface area contributed by atoms with Gasteiger partial charge in [-0.15, -0.1) is 0 Å². The highest BCUT2D eigenvalue weighted by Gasteiger charge is 2.52. The third kappa shape index (κ3) is 1.71. The van der Waals surface area contributed by atoms with Gasteiger partial charge < -0.3 is 29.6 Å². The lowest BCUT2D eigenvalue weighted by molar-refractivity contribution is -0.0984. The number of fused-ring (bicyclic) bond motifs is 1. The summed E-state index contributed by atoms with van der Waals surface area (Å²) in [5.74, 6) is 0. The molecule has 7 heteroatoms. The molecule has 0 bridgehead atoms. The number of hydrogen-bond acceptors (Lipinski definition) is 5. The van der Waals surface area contributed by atoms with E-state index in [1.165, 1.54) is 11.5 Å². The summed E-state index contributed by atoms with van der Waals surface area (Å²) in [5, 5.41) is 38.5. The van der Waals surface area contributed by atoms with Crippen LogP contribution in [-0.2, 0) is 4.74 Å². The number of aromatic nitrogens is 2. The van der Waals surface area contributed by atoms with Crippen molar-refractivity contribution >= 4 is 10.9 Å². The second-order valence-electron chi connectivity index (χ2n) is 5.26. The molecule has 1 aliphatic heterocycles. The molecule has 1 saturated heterocycles. The van der Waals surface area contributed by atoms with E-state index in [2.05, 4.69) is 4.98 Å². The number of nitrogens with one attached hydrogen (secondary N) is 2. The molecule has 108 valence electrons. The van der Waals surface area contributed by atoms with E-state index >= 15 is 0 Å². The van der Waals surface area contributed by atoms with Crippen molar-refractivity contribution in [2.45, 2.75) is 31.0 Å². The lowest BCUT2D eigenvalue weighted by atomic mass is 9.96. The van der Waals surface area contributed by atoms with Gasteiger partial charge in [0, 0.05) is 17.8 Å². The Morgan fingerprint density at radius 3 is 2.90 bits per heavy atom. The lowest BCUT2D eigenvalue weighted by Crippen LogP contribution is -2.45. The van der Waals surface area contributed by atoms with Crippen molar-refractivity contribution in [3.05, 3.63) is 30.0 Å². The summed E-state index contributed by atoms with van der Waals surface area (Å²) < 4.78 is 6.97. The highest BCUT2D eigenvalue weighted by atomic mass is 16.6. The number of rotatable bonds is 2. The molecule has 0 radical (unpaired) electrons. The molecule has 7 nitrogen and oxygen atoms in total. The number of aliphatic hydroxyl groups is 3. The van der Waals surface area contributed by atoms with Gasteiger partial charge in [0.25, 0.3) is 0 Å². The van der Waals surface area contributed by atoms with E-state index in [4.69, 9.17) is 10.1 Å². The molecule has 3 heterocycles. The van der Waals surface area contributed by atoms with Crippen LogP contribution in [0.5, 0.6) is 0 Å². The Bertz CT molecular complexity index is 690. The smallest absolute Gasteiger partial charge is 0.167 e. The maximum Gasteiger partial charge on any atom is 0.167 e. The van der Waals surface area contributed by atoms with Gasteiger partial charge in [-0.3, -0.25) is 5.41 Å². The van der Waals surface area contributed by atoms with Crippen LogP contribution in [0.15, 0.2) is 24.5 Å². The molecule has 0 aliphatic carbocycles. The first kappa shape index (κ1) is 13.3. The van der Waals surface area contributed by atoms with Crippen molar-refractivity contribution in [1.82, 2.24) is 9.55 Å². The Hall–Kier alpha value is -1.67. The van der Waals surface area contributed by atoms with E-state index in [1.54, 1.807) is 24.5 Å². The van der Waals surface area contributed by atoms with Crippen molar-refractivity contribution < 1.29 is 20.1 Å². The Morgan fingerprint density at radius 2 is 2.25 bits per heavy atom. The van der Waals surface area contributed by atoms with Gasteiger partial charge in [0.2, 0.25) is 0 Å². The number of hydrogen-bond donors (Lipinski definition) is 5. The fourth-order valence-electron chi connectivity index (χ4n) is 2.68. The zero-order valence-corrected chi connectivity index (χ0v) is 10.9. The molecular weight excluding hydrogens is 262 g/mol. The summed E-state index contributed by atoms with van der Waals surface area (Å²) >= 11 is 0. The van der Waals surface area contributed by atoms with Gasteiger partial charge in [0.15, 0.2) is 6.23 Å². The second kappa shape index (κ2) is 4.42. The molecule has 5 N–H and O–H groups in total. The van der Waals surface area contributed by atoms with Crippen LogP contribution in [0.25, 0.3) is 10.9 Å². The van der Waals surface area contributed by atoms with E-state index in [1.807, 2.05) is 0 Å². The highest BCUT2D eigenvalue weighted by molar-refractivity contribution is 5.77. The van der Waals surface area contributed by atoms with Crippen LogP contribution in [-0.4, -0.2) is 49.3 Å². The molecule has 3 unspecified atom stereocenters. The van der Waals surface area contributed by atoms with Gasteiger partial charge in [-0.05, 0) is 19.1 Å². The fraction of sp³-hybridized carbons (Fsp3) is 0.462. The van der Waals surface area contributed by atoms with E-state index < -0.39 is 30.6 Å². The summed E-state index contributed by atoms with van der Waals surface area (Å²) in [6.45, 7) is 1.04. The maximum atomic E-state index is 10.4. The summed E-state index contributed by atoms with van der Waals surface area (Å²) in [5.41, 5.74) is -0.611. The highest BCUT2D eigenvalue weighted by Crippen LogP contribution is 2.37. The van der Waals surface area contributed by atoms with E-state index in [0.717, 1.165) is 5.52 Å². The molecule has 3 rings (SSSR count). The van der Waals surface area contributed by atoms with Crippen molar-refractivity contribution in [2.24, 2.45) is 0 Å². The van der Waals surface area contributed by atoms with Gasteiger partial charge >= 0.3 is 0 Å². The van der Waals surface area contributed by atoms with Gasteiger partial charge in [-0.1, -0.05) is 0 Å². The standard InChI is InChI=1S/C13H17N3O4/c1-13(19)10(18)9(6-17)20-12(13)16-5-3-8-7(11(16)14)2-4-15-8/h2-5,9-10,12,14-15,17-19H,6H2,1H3/t9?,10?,12?,13-/m1/s1. The van der Waals surface area contributed by atoms with E-state index in [0.29, 0.717) is 5.39 Å². The van der Waals surface area contributed by atoms with Crippen molar-refractivity contribution in [3.63, 3.8) is 0 Å². The molecule has 2 aromatic heterocycles. The third-order valence-electron chi connectivity index (χ3n) is 3.88. The largest absolute Gasteiger partial charge is 0.394 e. The molecule has 0 aromatic carbocycles. The van der Waals surface area contributed by atoms with Crippen LogP contribution in [0.4, 0.5) is 0 Å². The van der Waals surface area contributed by atoms with Gasteiger partial charge in [-0.2, -0.15) is 0 Å². The van der Waals surface area contributed by atoms with Crippen molar-refractivity contribution in [2.75, 3.05) is 6.61 Å². The number of aromatic amines is 1. The molecule has 4 atom stereocenters. The Balaban J connectivity index is 2.11. The molecule has 1 aliphatic rings. The topological polar surface area (TPSA) is 114 Å². The fourth-order valence-corrected chi connectivity index (χ4v) is 2.68. The molecule has 1 fully saturated rings. The number of nitrogens with zero attached hydrogens (tertiary/aromatic N) is 1. The maximum absolute atomic E-state index is 10.4. The average molecular weight is 279 g/mol. The number of H-pyrrole nitrogens is 1. The van der Waals surface area contributed by atoms with Gasteiger partial charge in [-0.25, -0.2) is 0 Å². The minimum Gasteiger partial charge on any atom is -0.394 e. The minimum atomic E-state index is -1.59. The van der Waals surface area contributed by atoms with Crippen LogP contribution >= 0.6 is 0 Å². The zero-order chi connectivity index (χ0) is 14.5. The SMILES string of the molecule is C[C@@]1(O)C(O)C(CO)OC1n1ccc2[nH]ccc2c1=N. The predicted molar refractivity (Wildman–Crippen MR) is 69.8 cm³/mol. The predicted octanol–water partition coefficient (Wildman–Crippen LogP) is -0.550. The van der Waals surface area contributed by atoms with Crippen molar-refractivity contribution in [3.8, 4) is 0 Å². The number of pyridine rings is 1. The normalized spacial score (nSPS) is 33.9. The van der Waals surface area contributed by atoms with E-state index in [-0.39, 0.29) is 5.49 Å². The van der Waals surface area contributed by atoms with Crippen LogP contribution in [0.2, 0.25) is 0 Å². The molecule has 20 heavy (non-hydrogen) atoms. The summed E-state index contributed by atoms with van der Waals surface area (Å²) in [6, 6.07) is 3.53. The number of aliphatic hydroxyl groups excluding tert-OH is 2. The first-order valence-electron chi connectivity index (χ1n) is 6.36. The first-order chi connectivity index (χ1) is 9.46. The minimum absolute atomic E-state index is 0.166. The van der Waals surface area contributed by atoms with E-state index in [9.17, 15) is 15.3 Å². The van der Waals surface area contributed by atoms with Crippen LogP contribution in [0, 0.1) is 5.41 Å². The quantitative estimate of drug-likeness (QED) is 0.507. The number of ether oxygens (including phenoxy) is 1. The van der Waals surface area contributed by atoms with Gasteiger partial charge in [0.05, 0.1) is 12.1 Å². The molecule has 0 spiro atoms. The summed E-state index contributed by atoms with van der Waals surface area (Å²) in [4.78, 5) is 3.00. The Kier molecular flexibility index (Phi) is 2.94. The van der Waals surface area contributed by atoms with Crippen LogP contribution in [0.1, 0.15) is 13.2 Å². The monoisotopic (exact) mass is 279 g/mol. The summed E-state index contributed by atoms with van der Waals surface area (Å²) in [6.07, 6.45) is 0.329. The van der Waals surface area contributed by atoms with Crippen LogP contribution in [0.3, 0.4) is 0 Å². The molecule has 0 amide bonds. The lowest BCUT2D eigenvalue weighted by Gasteiger charge is -2.28. The molecule has 2 aromatic rings. The molecular formula is C13H17N3O4. The van der Waals surface area contributed by atoms with Gasteiger partial charge in [0.1, 0.15) is 23.3 Å². The average Bonchev–Trinajstić information content (AvgIpc) is 2.97. The summed E-state index contributed by atoms with van der Waals surface area (Å²) in [7, 11) is 0. The second-order valence-corrected chi connectivity index (χ2v) is 5.26. The Morgan fingerprint density at radius 1 is 1.50 bits per heavy atom. The zero-order valence-electron chi connectivity index (χ0n) is 10.9.